The highest BCUT2D eigenvalue weighted by Gasteiger charge is 2.30. The van der Waals surface area contributed by atoms with Crippen LogP contribution in [0.3, 0.4) is 0 Å². The zero-order valence-corrected chi connectivity index (χ0v) is 41.8. The number of aromatic amines is 2. The van der Waals surface area contributed by atoms with Crippen molar-refractivity contribution in [2.45, 2.75) is 117 Å². The van der Waals surface area contributed by atoms with Gasteiger partial charge >= 0.3 is 12.2 Å². The summed E-state index contributed by atoms with van der Waals surface area (Å²) in [6.45, 7) is 18.6. The van der Waals surface area contributed by atoms with Crippen molar-refractivity contribution >= 4 is 51.9 Å². The van der Waals surface area contributed by atoms with E-state index in [1.54, 1.807) is 28.9 Å². The van der Waals surface area contributed by atoms with E-state index in [0.29, 0.717) is 60.7 Å². The maximum atomic E-state index is 13.8. The van der Waals surface area contributed by atoms with E-state index < -0.39 is 17.1 Å². The van der Waals surface area contributed by atoms with Gasteiger partial charge < -0.3 is 50.9 Å². The molecule has 0 bridgehead atoms. The Bertz CT molecular complexity index is 2970. The molecule has 376 valence electrons. The number of likely N-dealkylation sites (tertiary alicyclic amines) is 2. The summed E-state index contributed by atoms with van der Waals surface area (Å²) < 4.78 is 24.6. The monoisotopic (exact) mass is 973 g/mol. The molecule has 10 rings (SSSR count). The summed E-state index contributed by atoms with van der Waals surface area (Å²) in [6.07, 6.45) is 4.79. The van der Waals surface area contributed by atoms with E-state index in [4.69, 9.17) is 25.2 Å². The Morgan fingerprint density at radius 2 is 1.18 bits per heavy atom. The molecule has 4 amide bonds. The predicted molar refractivity (Wildman–Crippen MR) is 270 cm³/mol. The number of benzene rings is 2. The molecule has 2 fully saturated rings. The van der Waals surface area contributed by atoms with E-state index in [2.05, 4.69) is 35.9 Å². The minimum Gasteiger partial charge on any atom is -0.444 e. The van der Waals surface area contributed by atoms with Crippen LogP contribution in [0.15, 0.2) is 48.5 Å². The number of carbonyl (C=O) groups excluding carboxylic acids is 4. The van der Waals surface area contributed by atoms with E-state index in [1.165, 1.54) is 0 Å². The smallest absolute Gasteiger partial charge is 0.410 e. The molecule has 8 heterocycles. The van der Waals surface area contributed by atoms with E-state index in [0.717, 1.165) is 95.7 Å². The lowest BCUT2D eigenvalue weighted by molar-refractivity contribution is 0.0193. The number of hydrogen-bond acceptors (Lipinski definition) is 12. The molecule has 0 aliphatic carbocycles. The Labute approximate surface area is 412 Å². The average molecular weight is 973 g/mol. The van der Waals surface area contributed by atoms with Crippen molar-refractivity contribution in [1.82, 2.24) is 50.3 Å². The van der Waals surface area contributed by atoms with Gasteiger partial charge in [-0.2, -0.15) is 4.39 Å². The second-order valence-corrected chi connectivity index (χ2v) is 20.5. The number of hydrogen-bond donors (Lipinski definition) is 6. The second-order valence-electron chi connectivity index (χ2n) is 20.5. The van der Waals surface area contributed by atoms with Crippen LogP contribution in [0.4, 0.5) is 19.8 Å². The Morgan fingerprint density at radius 3 is 1.69 bits per heavy atom. The molecule has 4 aromatic heterocycles. The highest BCUT2D eigenvalue weighted by molar-refractivity contribution is 6.00. The van der Waals surface area contributed by atoms with Crippen LogP contribution in [0.5, 0.6) is 0 Å². The van der Waals surface area contributed by atoms with Gasteiger partial charge in [-0.25, -0.2) is 29.5 Å². The standard InChI is InChI=1S/C26H32N6O3.C16H13FN4O.C10H20N2O2/c1-15-23(29-16-7-6-12-32(14-16)25(34)35-26(2,3)4)31-22-17(8-5-9-20(22)28-15)21-13-18-19(30-21)10-11-27-24(18)33;1-8-15(17)21-14-9(3-2-4-12(14)19-8)13-7-10-11(20-13)5-6-18-16(10)22;1-10(2,3)14-9(13)12-6-4-5-8(11)7-12/h5,8-9,13,16,30H,6-7,10-12,14H2,1-4H3,(H,27,33)(H,29,31);2-4,7,20H,5-6H2,1H3,(H,18,22);8H,4-7,11H2,1-3H3/t16-;;8-/m0.0/s1. The quantitative estimate of drug-likeness (QED) is 0.0995. The van der Waals surface area contributed by atoms with Crippen LogP contribution in [-0.4, -0.2) is 126 Å². The molecule has 4 aliphatic rings. The normalized spacial score (nSPS) is 17.9. The summed E-state index contributed by atoms with van der Waals surface area (Å²) in [7, 11) is 0. The number of fused-ring (bicyclic) bond motifs is 4. The number of amides is 4. The van der Waals surface area contributed by atoms with Crippen molar-refractivity contribution < 1.29 is 33.0 Å². The minimum absolute atomic E-state index is 0.0508. The Hall–Kier alpha value is -7.15. The fourth-order valence-corrected chi connectivity index (χ4v) is 9.04. The van der Waals surface area contributed by atoms with Crippen LogP contribution in [0, 0.1) is 19.8 Å². The molecule has 71 heavy (non-hydrogen) atoms. The third kappa shape index (κ3) is 12.1. The Morgan fingerprint density at radius 1 is 0.690 bits per heavy atom. The van der Waals surface area contributed by atoms with E-state index >= 15 is 0 Å². The van der Waals surface area contributed by atoms with Crippen LogP contribution in [0.2, 0.25) is 0 Å². The number of piperidine rings is 2. The zero-order valence-electron chi connectivity index (χ0n) is 41.8. The number of H-pyrrole nitrogens is 2. The molecule has 19 heteroatoms. The SMILES string of the molecule is CC(C)(C)OC(=O)N1CCC[C@H](N)C1.Cc1nc2cccc(-c3cc4c([nH]3)CCNC4=O)c2nc1F.Cc1nc2cccc(-c3cc4c([nH]3)CCNC4=O)c2nc1N[C@H]1CCCN(C(=O)OC(C)(C)C)C1. The summed E-state index contributed by atoms with van der Waals surface area (Å²) in [5.41, 5.74) is 15.0. The van der Waals surface area contributed by atoms with Crippen molar-refractivity contribution in [2.75, 3.05) is 44.6 Å². The van der Waals surface area contributed by atoms with Gasteiger partial charge in [0.15, 0.2) is 0 Å². The highest BCUT2D eigenvalue weighted by atomic mass is 19.1. The number of carbonyl (C=O) groups is 4. The molecule has 0 unspecified atom stereocenters. The molecule has 2 saturated heterocycles. The number of nitrogens with zero attached hydrogens (tertiary/aromatic N) is 6. The molecular formula is C52H65FN12O6. The van der Waals surface area contributed by atoms with Crippen LogP contribution in [-0.2, 0) is 22.3 Å². The van der Waals surface area contributed by atoms with E-state index in [9.17, 15) is 23.6 Å². The Balaban J connectivity index is 0.000000159. The number of anilines is 1. The van der Waals surface area contributed by atoms with Crippen LogP contribution < -0.4 is 21.7 Å². The number of halogens is 1. The fraction of sp³-hybridized carbons (Fsp3) is 0.462. The molecule has 6 aromatic rings. The number of rotatable bonds is 4. The van der Waals surface area contributed by atoms with Gasteiger partial charge in [-0.05, 0) is 105 Å². The van der Waals surface area contributed by atoms with Gasteiger partial charge in [0.05, 0.1) is 33.5 Å². The first-order valence-electron chi connectivity index (χ1n) is 24.4. The van der Waals surface area contributed by atoms with E-state index in [-0.39, 0.29) is 41.8 Å². The lowest BCUT2D eigenvalue weighted by Gasteiger charge is -2.34. The van der Waals surface area contributed by atoms with Crippen molar-refractivity contribution in [2.24, 2.45) is 5.73 Å². The van der Waals surface area contributed by atoms with Crippen molar-refractivity contribution in [1.29, 1.82) is 0 Å². The zero-order chi connectivity index (χ0) is 50.8. The summed E-state index contributed by atoms with van der Waals surface area (Å²) in [4.78, 5) is 76.5. The van der Waals surface area contributed by atoms with Gasteiger partial charge in [-0.1, -0.05) is 24.3 Å². The maximum Gasteiger partial charge on any atom is 0.410 e. The largest absolute Gasteiger partial charge is 0.444 e. The molecule has 4 aliphatic heterocycles. The summed E-state index contributed by atoms with van der Waals surface area (Å²) >= 11 is 0. The molecule has 0 radical (unpaired) electrons. The topological polar surface area (TPSA) is 238 Å². The number of aryl methyl sites for hydroxylation is 2. The van der Waals surface area contributed by atoms with Crippen molar-refractivity contribution in [3.05, 3.63) is 88.4 Å². The second kappa shape index (κ2) is 20.7. The first-order valence-corrected chi connectivity index (χ1v) is 24.4. The molecule has 2 aromatic carbocycles. The minimum atomic E-state index is -0.575. The number of aromatic nitrogens is 6. The third-order valence-electron chi connectivity index (χ3n) is 12.4. The molecule has 0 spiro atoms. The highest BCUT2D eigenvalue weighted by Crippen LogP contribution is 2.32. The maximum absolute atomic E-state index is 13.8. The number of nitrogens with two attached hydrogens (primary N) is 1. The molecular weight excluding hydrogens is 908 g/mol. The van der Waals surface area contributed by atoms with Crippen LogP contribution in [0.25, 0.3) is 44.6 Å². The number of ether oxygens (including phenoxy) is 2. The summed E-state index contributed by atoms with van der Waals surface area (Å²) in [5.74, 6) is -0.00808. The molecule has 7 N–H and O–H groups in total. The van der Waals surface area contributed by atoms with Crippen molar-refractivity contribution in [3.63, 3.8) is 0 Å². The molecule has 18 nitrogen and oxygen atoms in total. The van der Waals surface area contributed by atoms with Crippen LogP contribution in [0.1, 0.15) is 111 Å². The van der Waals surface area contributed by atoms with Gasteiger partial charge in [0.2, 0.25) is 5.95 Å². The van der Waals surface area contributed by atoms with Gasteiger partial charge in [0.25, 0.3) is 11.8 Å². The summed E-state index contributed by atoms with van der Waals surface area (Å²) in [6, 6.07) is 15.2. The molecule has 0 saturated carbocycles. The summed E-state index contributed by atoms with van der Waals surface area (Å²) in [5, 5.41) is 9.23. The predicted octanol–water partition coefficient (Wildman–Crippen LogP) is 7.73. The fourth-order valence-electron chi connectivity index (χ4n) is 9.04. The first-order chi connectivity index (χ1) is 33.7. The lowest BCUT2D eigenvalue weighted by atomic mass is 10.1. The van der Waals surface area contributed by atoms with Gasteiger partial charge in [-0.15, -0.1) is 0 Å². The van der Waals surface area contributed by atoms with Crippen molar-refractivity contribution in [3.8, 4) is 22.5 Å². The number of para-hydroxylation sites is 2. The van der Waals surface area contributed by atoms with Gasteiger partial charge in [0.1, 0.15) is 28.1 Å². The van der Waals surface area contributed by atoms with Gasteiger partial charge in [-0.3, -0.25) is 9.59 Å². The van der Waals surface area contributed by atoms with Gasteiger partial charge in [0, 0.05) is 98.1 Å². The first kappa shape index (κ1) is 50.2. The third-order valence-corrected chi connectivity index (χ3v) is 12.4. The van der Waals surface area contributed by atoms with E-state index in [1.807, 2.05) is 84.9 Å². The Kier molecular flexibility index (Phi) is 14.6. The average Bonchev–Trinajstić information content (AvgIpc) is 3.96. The van der Waals surface area contributed by atoms with Crippen LogP contribution >= 0.6 is 0 Å². The molecule has 2 atom stereocenters. The lowest BCUT2D eigenvalue weighted by Crippen LogP contribution is -2.47. The number of nitrogens with one attached hydrogen (secondary N) is 5.